The van der Waals surface area contributed by atoms with Crippen LogP contribution in [0, 0.1) is 0 Å². The standard InChI is InChI=1S/C38H29N5O8/c44-34(24-13-5-1-6-14-24)42-32-29-33(40-22-39-32)43(23-41-29)35-31(51-38(47)27-19-11-4-12-20-27)30(50-37(46)26-17-9-3-10-18-26)28(49-35)21-48-36(45)25-15-7-2-8-16-25/h1-20,22-23,28,30-31,35H,21H2,(H,39,40,42,44)/t28-,30-,31-,35-/m1/s1. The molecule has 13 nitrogen and oxygen atoms in total. The normalized spacial score (nSPS) is 18.1. The molecular formula is C38H29N5O8. The number of hydrogen-bond donors (Lipinski definition) is 1. The van der Waals surface area contributed by atoms with Crippen molar-refractivity contribution in [2.45, 2.75) is 24.5 Å². The smallest absolute Gasteiger partial charge is 0.338 e. The Bertz CT molecular complexity index is 2160. The van der Waals surface area contributed by atoms with Crippen molar-refractivity contribution < 1.29 is 38.1 Å². The van der Waals surface area contributed by atoms with Crippen LogP contribution in [0.3, 0.4) is 0 Å². The number of rotatable bonds is 10. The summed E-state index contributed by atoms with van der Waals surface area (Å²) in [5, 5.41) is 2.76. The Balaban J connectivity index is 1.25. The highest BCUT2D eigenvalue weighted by atomic mass is 16.7. The highest BCUT2D eigenvalue weighted by molar-refractivity contribution is 6.06. The second-order valence-corrected chi connectivity index (χ2v) is 11.4. The lowest BCUT2D eigenvalue weighted by molar-refractivity contribution is -0.0606. The molecule has 0 radical (unpaired) electrons. The van der Waals surface area contributed by atoms with Gasteiger partial charge in [-0.25, -0.2) is 29.3 Å². The van der Waals surface area contributed by atoms with Crippen LogP contribution in [0.25, 0.3) is 11.2 Å². The van der Waals surface area contributed by atoms with E-state index in [0.717, 1.165) is 0 Å². The highest BCUT2D eigenvalue weighted by Gasteiger charge is 2.52. The Hall–Kier alpha value is -6.73. The molecule has 2 aromatic heterocycles. The van der Waals surface area contributed by atoms with Crippen molar-refractivity contribution >= 4 is 40.8 Å². The van der Waals surface area contributed by atoms with Gasteiger partial charge in [-0.2, -0.15) is 0 Å². The van der Waals surface area contributed by atoms with Gasteiger partial charge in [0.05, 0.1) is 23.0 Å². The Kier molecular flexibility index (Phi) is 9.52. The van der Waals surface area contributed by atoms with Gasteiger partial charge < -0.3 is 24.3 Å². The molecule has 0 spiro atoms. The van der Waals surface area contributed by atoms with Gasteiger partial charge in [0.15, 0.2) is 35.4 Å². The van der Waals surface area contributed by atoms with E-state index in [1.54, 1.807) is 121 Å². The third kappa shape index (κ3) is 7.19. The first kappa shape index (κ1) is 32.8. The summed E-state index contributed by atoms with van der Waals surface area (Å²) in [4.78, 5) is 66.1. The van der Waals surface area contributed by atoms with Crippen molar-refractivity contribution in [3.05, 3.63) is 156 Å². The third-order valence-corrected chi connectivity index (χ3v) is 8.08. The van der Waals surface area contributed by atoms with E-state index in [4.69, 9.17) is 18.9 Å². The van der Waals surface area contributed by atoms with E-state index < -0.39 is 48.4 Å². The summed E-state index contributed by atoms with van der Waals surface area (Å²) in [6.07, 6.45) is -2.23. The highest BCUT2D eigenvalue weighted by Crippen LogP contribution is 2.37. The van der Waals surface area contributed by atoms with Crippen LogP contribution < -0.4 is 5.32 Å². The van der Waals surface area contributed by atoms with Crippen LogP contribution >= 0.6 is 0 Å². The molecule has 7 rings (SSSR count). The largest absolute Gasteiger partial charge is 0.459 e. The number of anilines is 1. The number of carbonyl (C=O) groups excluding carboxylic acids is 4. The zero-order valence-electron chi connectivity index (χ0n) is 26.8. The molecule has 1 saturated heterocycles. The van der Waals surface area contributed by atoms with Crippen LogP contribution in [0.4, 0.5) is 5.82 Å². The first-order valence-corrected chi connectivity index (χ1v) is 15.9. The van der Waals surface area contributed by atoms with Gasteiger partial charge in [0.1, 0.15) is 19.0 Å². The lowest BCUT2D eigenvalue weighted by Crippen LogP contribution is -2.41. The summed E-state index contributed by atoms with van der Waals surface area (Å²) in [5.74, 6) is -2.34. The van der Waals surface area contributed by atoms with E-state index in [-0.39, 0.29) is 34.7 Å². The van der Waals surface area contributed by atoms with E-state index in [0.29, 0.717) is 11.1 Å². The first-order chi connectivity index (χ1) is 25.0. The fraction of sp³-hybridized carbons (Fsp3) is 0.132. The summed E-state index contributed by atoms with van der Waals surface area (Å²) in [6, 6.07) is 33.5. The molecule has 254 valence electrons. The lowest BCUT2D eigenvalue weighted by atomic mass is 10.1. The molecule has 0 bridgehead atoms. The average molecular weight is 684 g/mol. The summed E-state index contributed by atoms with van der Waals surface area (Å²) in [5.41, 5.74) is 1.64. The number of amides is 1. The number of nitrogens with zero attached hydrogens (tertiary/aromatic N) is 4. The van der Waals surface area contributed by atoms with Crippen LogP contribution in [0.15, 0.2) is 134 Å². The molecule has 1 aliphatic heterocycles. The number of hydrogen-bond acceptors (Lipinski definition) is 11. The summed E-state index contributed by atoms with van der Waals surface area (Å²) < 4.78 is 25.6. The van der Waals surface area contributed by atoms with Crippen LogP contribution in [0.2, 0.25) is 0 Å². The van der Waals surface area contributed by atoms with Crippen molar-refractivity contribution in [3.8, 4) is 0 Å². The number of carbonyl (C=O) groups is 4. The van der Waals surface area contributed by atoms with E-state index in [2.05, 4.69) is 20.3 Å². The molecule has 1 aliphatic rings. The van der Waals surface area contributed by atoms with Crippen LogP contribution in [-0.2, 0) is 18.9 Å². The van der Waals surface area contributed by atoms with Gasteiger partial charge in [-0.3, -0.25) is 9.36 Å². The SMILES string of the molecule is O=C(Nc1ncnc2c1ncn2[C@@H]1O[C@H](COC(=O)c2ccccc2)[C@@H](OC(=O)c2ccccc2)[C@H]1OC(=O)c1ccccc1)c1ccccc1. The van der Waals surface area contributed by atoms with Crippen molar-refractivity contribution in [2.24, 2.45) is 0 Å². The van der Waals surface area contributed by atoms with E-state index in [9.17, 15) is 19.2 Å². The molecule has 1 amide bonds. The van der Waals surface area contributed by atoms with Crippen molar-refractivity contribution in [1.29, 1.82) is 0 Å². The minimum absolute atomic E-state index is 0.129. The maximum Gasteiger partial charge on any atom is 0.338 e. The molecule has 3 heterocycles. The van der Waals surface area contributed by atoms with Gasteiger partial charge in [-0.15, -0.1) is 0 Å². The predicted octanol–water partition coefficient (Wildman–Crippen LogP) is 5.28. The molecule has 0 aliphatic carbocycles. The topological polar surface area (TPSA) is 161 Å². The molecule has 1 N–H and O–H groups in total. The number of imidazole rings is 1. The Morgan fingerprint density at radius 3 is 1.71 bits per heavy atom. The van der Waals surface area contributed by atoms with Crippen molar-refractivity contribution in [2.75, 3.05) is 11.9 Å². The molecular weight excluding hydrogens is 654 g/mol. The number of aromatic nitrogens is 4. The van der Waals surface area contributed by atoms with Crippen LogP contribution in [-0.4, -0.2) is 68.3 Å². The molecule has 0 saturated carbocycles. The van der Waals surface area contributed by atoms with Gasteiger partial charge in [0.2, 0.25) is 0 Å². The first-order valence-electron chi connectivity index (χ1n) is 15.9. The average Bonchev–Trinajstić information content (AvgIpc) is 3.76. The lowest BCUT2D eigenvalue weighted by Gasteiger charge is -2.25. The number of nitrogens with one attached hydrogen (secondary N) is 1. The molecule has 1 fully saturated rings. The molecule has 4 aromatic carbocycles. The Morgan fingerprint density at radius 1 is 0.627 bits per heavy atom. The maximum absolute atomic E-state index is 13.5. The van der Waals surface area contributed by atoms with Gasteiger partial charge in [0.25, 0.3) is 5.91 Å². The zero-order valence-corrected chi connectivity index (χ0v) is 26.8. The second kappa shape index (κ2) is 14.8. The molecule has 13 heteroatoms. The number of fused-ring (bicyclic) bond motifs is 1. The Morgan fingerprint density at radius 2 is 1.14 bits per heavy atom. The third-order valence-electron chi connectivity index (χ3n) is 8.08. The molecule has 0 unspecified atom stereocenters. The number of esters is 3. The summed E-state index contributed by atoms with van der Waals surface area (Å²) in [6.45, 7) is -0.365. The monoisotopic (exact) mass is 683 g/mol. The number of benzene rings is 4. The van der Waals surface area contributed by atoms with Crippen molar-refractivity contribution in [3.63, 3.8) is 0 Å². The maximum atomic E-state index is 13.5. The van der Waals surface area contributed by atoms with Crippen LogP contribution in [0.1, 0.15) is 47.7 Å². The summed E-state index contributed by atoms with van der Waals surface area (Å²) in [7, 11) is 0. The van der Waals surface area contributed by atoms with Crippen molar-refractivity contribution in [1.82, 2.24) is 19.5 Å². The van der Waals surface area contributed by atoms with Gasteiger partial charge >= 0.3 is 17.9 Å². The van der Waals surface area contributed by atoms with Gasteiger partial charge in [0, 0.05) is 5.56 Å². The van der Waals surface area contributed by atoms with Gasteiger partial charge in [-0.05, 0) is 48.5 Å². The summed E-state index contributed by atoms with van der Waals surface area (Å²) >= 11 is 0. The van der Waals surface area contributed by atoms with E-state index >= 15 is 0 Å². The second-order valence-electron chi connectivity index (χ2n) is 11.4. The Labute approximate surface area is 290 Å². The van der Waals surface area contributed by atoms with E-state index in [1.165, 1.54) is 17.2 Å². The quantitative estimate of drug-likeness (QED) is 0.148. The predicted molar refractivity (Wildman–Crippen MR) is 182 cm³/mol. The molecule has 51 heavy (non-hydrogen) atoms. The van der Waals surface area contributed by atoms with Gasteiger partial charge in [-0.1, -0.05) is 72.8 Å². The minimum atomic E-state index is -1.29. The number of ether oxygens (including phenoxy) is 4. The van der Waals surface area contributed by atoms with E-state index in [1.807, 2.05) is 0 Å². The molecule has 4 atom stereocenters. The fourth-order valence-corrected chi connectivity index (χ4v) is 5.58. The van der Waals surface area contributed by atoms with Crippen LogP contribution in [0.5, 0.6) is 0 Å². The molecule has 6 aromatic rings. The minimum Gasteiger partial charge on any atom is -0.459 e. The zero-order chi connectivity index (χ0) is 35.2. The fourth-order valence-electron chi connectivity index (χ4n) is 5.58.